The highest BCUT2D eigenvalue weighted by molar-refractivity contribution is 8.15. The van der Waals surface area contributed by atoms with Crippen LogP contribution in [-0.4, -0.2) is 21.8 Å². The lowest BCUT2D eigenvalue weighted by Gasteiger charge is -2.18. The summed E-state index contributed by atoms with van der Waals surface area (Å²) in [5, 5.41) is 10.0. The van der Waals surface area contributed by atoms with Gasteiger partial charge in [-0.25, -0.2) is 0 Å². The third-order valence-electron chi connectivity index (χ3n) is 4.81. The number of aliphatic hydroxyl groups excluding tert-OH is 1. The van der Waals surface area contributed by atoms with Gasteiger partial charge >= 0.3 is 0 Å². The SMILES string of the molecule is O=C1CSC(=O)/C1=C(/O)CC1CCCCCCCCCCC1. The zero-order valence-corrected chi connectivity index (χ0v) is 14.3. The van der Waals surface area contributed by atoms with Crippen LogP contribution in [0.15, 0.2) is 11.3 Å². The lowest BCUT2D eigenvalue weighted by Crippen LogP contribution is -2.10. The van der Waals surface area contributed by atoms with Crippen molar-refractivity contribution in [2.75, 3.05) is 5.75 Å². The van der Waals surface area contributed by atoms with Gasteiger partial charge in [-0.3, -0.25) is 9.59 Å². The molecular formula is C18H28O3S. The first kappa shape index (κ1) is 17.6. The first-order valence-electron chi connectivity index (χ1n) is 8.81. The maximum absolute atomic E-state index is 11.7. The van der Waals surface area contributed by atoms with Crippen LogP contribution in [0, 0.1) is 5.92 Å². The maximum Gasteiger partial charge on any atom is 0.226 e. The molecular weight excluding hydrogens is 296 g/mol. The molecule has 4 heteroatoms. The quantitative estimate of drug-likeness (QED) is 0.443. The van der Waals surface area contributed by atoms with E-state index in [1.807, 2.05) is 0 Å². The molecule has 0 radical (unpaired) electrons. The second kappa shape index (κ2) is 9.39. The van der Waals surface area contributed by atoms with Crippen LogP contribution in [0.3, 0.4) is 0 Å². The first-order chi connectivity index (χ1) is 10.7. The van der Waals surface area contributed by atoms with Gasteiger partial charge in [0.2, 0.25) is 5.12 Å². The molecule has 0 unspecified atom stereocenters. The Morgan fingerprint density at radius 2 is 1.41 bits per heavy atom. The number of hydrogen-bond acceptors (Lipinski definition) is 4. The number of carbonyl (C=O) groups is 2. The van der Waals surface area contributed by atoms with Crippen molar-refractivity contribution in [2.45, 2.75) is 77.0 Å². The molecule has 2 aliphatic rings. The molecule has 1 N–H and O–H groups in total. The van der Waals surface area contributed by atoms with E-state index in [0.717, 1.165) is 24.6 Å². The molecule has 2 rings (SSSR count). The predicted molar refractivity (Wildman–Crippen MR) is 91.0 cm³/mol. The van der Waals surface area contributed by atoms with Gasteiger partial charge in [0.05, 0.1) is 5.75 Å². The van der Waals surface area contributed by atoms with Gasteiger partial charge < -0.3 is 5.11 Å². The summed E-state index contributed by atoms with van der Waals surface area (Å²) in [4.78, 5) is 23.4. The highest BCUT2D eigenvalue weighted by Gasteiger charge is 2.31. The van der Waals surface area contributed by atoms with Crippen molar-refractivity contribution in [3.8, 4) is 0 Å². The van der Waals surface area contributed by atoms with Crippen molar-refractivity contribution in [3.63, 3.8) is 0 Å². The Balaban J connectivity index is 1.93. The Morgan fingerprint density at radius 3 is 1.86 bits per heavy atom. The van der Waals surface area contributed by atoms with Gasteiger partial charge in [-0.2, -0.15) is 0 Å². The topological polar surface area (TPSA) is 54.4 Å². The molecule has 124 valence electrons. The van der Waals surface area contributed by atoms with Crippen LogP contribution in [0.1, 0.15) is 77.0 Å². The largest absolute Gasteiger partial charge is 0.511 e. The van der Waals surface area contributed by atoms with Crippen LogP contribution in [-0.2, 0) is 9.59 Å². The van der Waals surface area contributed by atoms with Gasteiger partial charge in [-0.15, -0.1) is 0 Å². The van der Waals surface area contributed by atoms with E-state index < -0.39 is 0 Å². The third kappa shape index (κ3) is 5.45. The number of ketones is 1. The molecule has 2 fully saturated rings. The molecule has 0 aromatic carbocycles. The van der Waals surface area contributed by atoms with Crippen LogP contribution in [0.5, 0.6) is 0 Å². The van der Waals surface area contributed by atoms with Crippen LogP contribution in [0.2, 0.25) is 0 Å². The summed E-state index contributed by atoms with van der Waals surface area (Å²) in [6, 6.07) is 0. The summed E-state index contributed by atoms with van der Waals surface area (Å²) in [6.45, 7) is 0. The van der Waals surface area contributed by atoms with Crippen molar-refractivity contribution in [2.24, 2.45) is 5.92 Å². The lowest BCUT2D eigenvalue weighted by atomic mass is 9.89. The Bertz CT molecular complexity index is 398. The highest BCUT2D eigenvalue weighted by atomic mass is 32.2. The number of thioether (sulfide) groups is 1. The maximum atomic E-state index is 11.7. The van der Waals surface area contributed by atoms with Crippen molar-refractivity contribution >= 4 is 22.7 Å². The van der Waals surface area contributed by atoms with E-state index in [4.69, 9.17) is 0 Å². The molecule has 3 nitrogen and oxygen atoms in total. The number of carbonyl (C=O) groups excluding carboxylic acids is 2. The van der Waals surface area contributed by atoms with Gasteiger partial charge in [-0.1, -0.05) is 82.4 Å². The molecule has 0 bridgehead atoms. The smallest absolute Gasteiger partial charge is 0.226 e. The summed E-state index contributed by atoms with van der Waals surface area (Å²) in [7, 11) is 0. The standard InChI is InChI=1S/C18H28O3S/c19-15(17-16(20)13-22-18(17)21)12-14-10-8-6-4-2-1-3-5-7-9-11-14/h14,19H,1-13H2/b17-15+. The molecule has 1 saturated carbocycles. The van der Waals surface area contributed by atoms with E-state index in [1.165, 1.54) is 57.8 Å². The molecule has 1 aliphatic carbocycles. The van der Waals surface area contributed by atoms with Crippen molar-refractivity contribution < 1.29 is 14.7 Å². The Morgan fingerprint density at radius 1 is 0.909 bits per heavy atom. The number of hydrogen-bond donors (Lipinski definition) is 1. The summed E-state index contributed by atoms with van der Waals surface area (Å²) in [6.07, 6.45) is 14.3. The normalized spacial score (nSPS) is 25.6. The second-order valence-electron chi connectivity index (χ2n) is 6.65. The molecule has 1 aliphatic heterocycles. The summed E-state index contributed by atoms with van der Waals surface area (Å²) in [5.74, 6) is 0.471. The van der Waals surface area contributed by atoms with Crippen LogP contribution >= 0.6 is 11.8 Å². The van der Waals surface area contributed by atoms with Gasteiger partial charge in [0, 0.05) is 6.42 Å². The van der Waals surface area contributed by atoms with Crippen LogP contribution in [0.4, 0.5) is 0 Å². The second-order valence-corrected chi connectivity index (χ2v) is 7.60. The van der Waals surface area contributed by atoms with Gasteiger partial charge in [0.1, 0.15) is 11.3 Å². The molecule has 0 aromatic heterocycles. The van der Waals surface area contributed by atoms with Crippen LogP contribution < -0.4 is 0 Å². The van der Waals surface area contributed by atoms with Crippen LogP contribution in [0.25, 0.3) is 0 Å². The van der Waals surface area contributed by atoms with Crippen molar-refractivity contribution in [1.29, 1.82) is 0 Å². The molecule has 1 heterocycles. The lowest BCUT2D eigenvalue weighted by molar-refractivity contribution is -0.115. The minimum atomic E-state index is -0.240. The number of Topliss-reactive ketones (excluding diaryl/α,β-unsaturated/α-hetero) is 1. The molecule has 0 aromatic rings. The average Bonchev–Trinajstić information content (AvgIpc) is 2.81. The van der Waals surface area contributed by atoms with E-state index in [0.29, 0.717) is 12.3 Å². The van der Waals surface area contributed by atoms with E-state index >= 15 is 0 Å². The monoisotopic (exact) mass is 324 g/mol. The third-order valence-corrected chi connectivity index (χ3v) is 5.69. The fourth-order valence-electron chi connectivity index (χ4n) is 3.50. The molecule has 22 heavy (non-hydrogen) atoms. The summed E-state index contributed by atoms with van der Waals surface area (Å²) in [5.41, 5.74) is 0.0797. The van der Waals surface area contributed by atoms with E-state index in [2.05, 4.69) is 0 Å². The number of allylic oxidation sites excluding steroid dienone is 1. The predicted octanol–water partition coefficient (Wildman–Crippen LogP) is 4.95. The summed E-state index contributed by atoms with van der Waals surface area (Å²) >= 11 is 1.02. The zero-order valence-electron chi connectivity index (χ0n) is 13.4. The Hall–Kier alpha value is -0.770. The van der Waals surface area contributed by atoms with E-state index in [1.54, 1.807) is 0 Å². The first-order valence-corrected chi connectivity index (χ1v) is 9.79. The fraction of sp³-hybridized carbons (Fsp3) is 0.778. The number of aliphatic hydroxyl groups is 1. The van der Waals surface area contributed by atoms with E-state index in [9.17, 15) is 14.7 Å². The molecule has 1 saturated heterocycles. The van der Waals surface area contributed by atoms with Gasteiger partial charge in [0.25, 0.3) is 0 Å². The highest BCUT2D eigenvalue weighted by Crippen LogP contribution is 2.30. The zero-order chi connectivity index (χ0) is 15.8. The minimum absolute atomic E-state index is 0.0529. The van der Waals surface area contributed by atoms with Crippen molar-refractivity contribution in [3.05, 3.63) is 11.3 Å². The fourth-order valence-corrected chi connectivity index (χ4v) is 4.28. The van der Waals surface area contributed by atoms with E-state index in [-0.39, 0.29) is 28.0 Å². The summed E-state index contributed by atoms with van der Waals surface area (Å²) < 4.78 is 0. The van der Waals surface area contributed by atoms with Gasteiger partial charge in [0.15, 0.2) is 5.78 Å². The Kier molecular flexibility index (Phi) is 7.50. The van der Waals surface area contributed by atoms with Gasteiger partial charge in [-0.05, 0) is 5.92 Å². The number of rotatable bonds is 2. The van der Waals surface area contributed by atoms with Crippen molar-refractivity contribution in [1.82, 2.24) is 0 Å². The minimum Gasteiger partial charge on any atom is -0.511 e. The molecule has 0 atom stereocenters. The molecule has 0 spiro atoms. The Labute approximate surface area is 137 Å². The molecule has 0 amide bonds. The average molecular weight is 324 g/mol.